The predicted molar refractivity (Wildman–Crippen MR) is 112 cm³/mol. The molecule has 0 radical (unpaired) electrons. The highest BCUT2D eigenvalue weighted by Crippen LogP contribution is 2.19. The molecular weight excluding hydrogens is 422 g/mol. The van der Waals surface area contributed by atoms with E-state index >= 15 is 0 Å². The van der Waals surface area contributed by atoms with Crippen molar-refractivity contribution in [1.29, 1.82) is 0 Å². The van der Waals surface area contributed by atoms with E-state index in [2.05, 4.69) is 5.10 Å². The van der Waals surface area contributed by atoms with Crippen molar-refractivity contribution in [1.82, 2.24) is 14.5 Å². The van der Waals surface area contributed by atoms with Crippen molar-refractivity contribution in [2.45, 2.75) is 13.0 Å². The number of carbonyl (C=O) groups is 2. The van der Waals surface area contributed by atoms with Gasteiger partial charge in [0.25, 0.3) is 5.91 Å². The van der Waals surface area contributed by atoms with E-state index in [0.717, 1.165) is 5.56 Å². The maximum Gasteiger partial charge on any atom is 0.307 e. The number of ether oxygens (including phenoxy) is 2. The van der Waals surface area contributed by atoms with Crippen LogP contribution in [0.15, 0.2) is 66.9 Å². The number of nitrogens with zero attached hydrogens (tertiary/aromatic N) is 2. The van der Waals surface area contributed by atoms with Gasteiger partial charge in [-0.3, -0.25) is 9.59 Å². The maximum absolute atomic E-state index is 12.5. The molecular formula is C21H21N3O6S. The van der Waals surface area contributed by atoms with Gasteiger partial charge in [0.05, 0.1) is 31.2 Å². The van der Waals surface area contributed by atoms with Gasteiger partial charge in [-0.2, -0.15) is 5.10 Å². The maximum atomic E-state index is 12.5. The smallest absolute Gasteiger partial charge is 0.307 e. The number of hydrogen-bond acceptors (Lipinski definition) is 7. The summed E-state index contributed by atoms with van der Waals surface area (Å²) in [5, 5.41) is 4.12. The standard InChI is InChI=1S/C21H21N3O6S/c1-29-18-14-24(17-10-6-3-7-11-17)22-20(18)21(26)23-31(27,28)13-12-19(25)30-15-16-8-4-2-5-9-16/h2-11,14H,12-13,15H2,1H3,(H,23,26). The van der Waals surface area contributed by atoms with Crippen LogP contribution in [0.3, 0.4) is 0 Å². The van der Waals surface area contributed by atoms with Gasteiger partial charge in [-0.15, -0.1) is 0 Å². The monoisotopic (exact) mass is 443 g/mol. The second kappa shape index (κ2) is 9.90. The van der Waals surface area contributed by atoms with Crippen LogP contribution in [-0.2, 0) is 26.2 Å². The second-order valence-electron chi connectivity index (χ2n) is 6.47. The Morgan fingerprint density at radius 2 is 1.68 bits per heavy atom. The number of methoxy groups -OCH3 is 1. The van der Waals surface area contributed by atoms with Gasteiger partial charge in [-0.05, 0) is 17.7 Å². The first-order valence-electron chi connectivity index (χ1n) is 9.31. The Morgan fingerprint density at radius 3 is 2.32 bits per heavy atom. The summed E-state index contributed by atoms with van der Waals surface area (Å²) in [4.78, 5) is 24.3. The summed E-state index contributed by atoms with van der Waals surface area (Å²) >= 11 is 0. The topological polar surface area (TPSA) is 117 Å². The van der Waals surface area contributed by atoms with Crippen LogP contribution in [0, 0.1) is 0 Å². The molecule has 1 aromatic heterocycles. The Balaban J connectivity index is 1.59. The van der Waals surface area contributed by atoms with E-state index in [1.54, 1.807) is 48.5 Å². The van der Waals surface area contributed by atoms with Crippen LogP contribution in [0.5, 0.6) is 5.75 Å². The normalized spacial score (nSPS) is 11.0. The number of rotatable bonds is 9. The number of carbonyl (C=O) groups excluding carboxylic acids is 2. The summed E-state index contributed by atoms with van der Waals surface area (Å²) in [7, 11) is -2.74. The summed E-state index contributed by atoms with van der Waals surface area (Å²) in [5.74, 6) is -2.13. The zero-order chi connectivity index (χ0) is 22.3. The van der Waals surface area contributed by atoms with Crippen molar-refractivity contribution in [3.8, 4) is 11.4 Å². The molecule has 3 rings (SSSR count). The van der Waals surface area contributed by atoms with Crippen LogP contribution in [-0.4, -0.2) is 42.9 Å². The van der Waals surface area contributed by atoms with Gasteiger partial charge in [0.1, 0.15) is 6.61 Å². The third kappa shape index (κ3) is 6.16. The largest absolute Gasteiger partial charge is 0.493 e. The molecule has 1 N–H and O–H groups in total. The van der Waals surface area contributed by atoms with E-state index in [-0.39, 0.29) is 18.1 Å². The Hall–Kier alpha value is -3.66. The predicted octanol–water partition coefficient (Wildman–Crippen LogP) is 2.07. The number of nitrogens with one attached hydrogen (secondary N) is 1. The summed E-state index contributed by atoms with van der Waals surface area (Å²) in [5.41, 5.74) is 1.26. The zero-order valence-electron chi connectivity index (χ0n) is 16.7. The third-order valence-electron chi connectivity index (χ3n) is 4.20. The van der Waals surface area contributed by atoms with Crippen molar-refractivity contribution >= 4 is 21.9 Å². The minimum atomic E-state index is -4.09. The molecule has 0 unspecified atom stereocenters. The molecule has 162 valence electrons. The van der Waals surface area contributed by atoms with Crippen LogP contribution < -0.4 is 9.46 Å². The highest BCUT2D eigenvalue weighted by atomic mass is 32.2. The minimum Gasteiger partial charge on any atom is -0.493 e. The molecule has 0 atom stereocenters. The van der Waals surface area contributed by atoms with Gasteiger partial charge in [-0.25, -0.2) is 17.8 Å². The zero-order valence-corrected chi connectivity index (χ0v) is 17.5. The van der Waals surface area contributed by atoms with E-state index in [1.165, 1.54) is 18.0 Å². The molecule has 0 fully saturated rings. The van der Waals surface area contributed by atoms with Gasteiger partial charge >= 0.3 is 5.97 Å². The molecule has 31 heavy (non-hydrogen) atoms. The number of para-hydroxylation sites is 1. The summed E-state index contributed by atoms with van der Waals surface area (Å²) in [6.07, 6.45) is 1.07. The van der Waals surface area contributed by atoms with E-state index in [4.69, 9.17) is 9.47 Å². The molecule has 3 aromatic rings. The van der Waals surface area contributed by atoms with Gasteiger partial charge < -0.3 is 9.47 Å². The number of sulfonamides is 1. The molecule has 9 nitrogen and oxygen atoms in total. The Labute approximate surface area is 179 Å². The molecule has 0 saturated heterocycles. The lowest BCUT2D eigenvalue weighted by Crippen LogP contribution is -2.34. The number of benzene rings is 2. The lowest BCUT2D eigenvalue weighted by atomic mass is 10.2. The average Bonchev–Trinajstić information content (AvgIpc) is 3.22. The Bertz CT molecular complexity index is 1140. The van der Waals surface area contributed by atoms with Crippen molar-refractivity contribution in [2.24, 2.45) is 0 Å². The number of amides is 1. The molecule has 2 aromatic carbocycles. The van der Waals surface area contributed by atoms with Crippen LogP contribution in [0.4, 0.5) is 0 Å². The quantitative estimate of drug-likeness (QED) is 0.503. The highest BCUT2D eigenvalue weighted by molar-refractivity contribution is 7.90. The van der Waals surface area contributed by atoms with Crippen LogP contribution in [0.1, 0.15) is 22.5 Å². The lowest BCUT2D eigenvalue weighted by molar-refractivity contribution is -0.144. The highest BCUT2D eigenvalue weighted by Gasteiger charge is 2.24. The molecule has 0 spiro atoms. The molecule has 0 saturated carbocycles. The third-order valence-corrected chi connectivity index (χ3v) is 5.44. The summed E-state index contributed by atoms with van der Waals surface area (Å²) in [6, 6.07) is 18.0. The van der Waals surface area contributed by atoms with E-state index in [0.29, 0.717) is 5.69 Å². The average molecular weight is 443 g/mol. The van der Waals surface area contributed by atoms with Crippen LogP contribution >= 0.6 is 0 Å². The fourth-order valence-corrected chi connectivity index (χ4v) is 3.56. The number of esters is 1. The molecule has 0 bridgehead atoms. The molecule has 1 heterocycles. The lowest BCUT2D eigenvalue weighted by Gasteiger charge is -2.07. The van der Waals surface area contributed by atoms with Crippen molar-refractivity contribution < 1.29 is 27.5 Å². The van der Waals surface area contributed by atoms with Crippen molar-refractivity contribution in [3.05, 3.63) is 78.1 Å². The second-order valence-corrected chi connectivity index (χ2v) is 8.31. The SMILES string of the molecule is COc1cn(-c2ccccc2)nc1C(=O)NS(=O)(=O)CCC(=O)OCc1ccccc1. The van der Waals surface area contributed by atoms with Crippen molar-refractivity contribution in [3.63, 3.8) is 0 Å². The number of hydrogen-bond donors (Lipinski definition) is 1. The minimum absolute atomic E-state index is 0.0419. The number of aromatic nitrogens is 2. The van der Waals surface area contributed by atoms with Crippen molar-refractivity contribution in [2.75, 3.05) is 12.9 Å². The Kier molecular flexibility index (Phi) is 7.03. The van der Waals surface area contributed by atoms with Gasteiger partial charge in [0, 0.05) is 0 Å². The summed E-state index contributed by atoms with van der Waals surface area (Å²) in [6.45, 7) is 0.0419. The summed E-state index contributed by atoms with van der Waals surface area (Å²) < 4.78 is 38.0. The van der Waals surface area contributed by atoms with Gasteiger partial charge in [0.2, 0.25) is 10.0 Å². The van der Waals surface area contributed by atoms with Gasteiger partial charge in [0.15, 0.2) is 11.4 Å². The first-order valence-corrected chi connectivity index (χ1v) is 11.0. The van der Waals surface area contributed by atoms with Crippen LogP contribution in [0.2, 0.25) is 0 Å². The van der Waals surface area contributed by atoms with Gasteiger partial charge in [-0.1, -0.05) is 48.5 Å². The Morgan fingerprint density at radius 1 is 1.03 bits per heavy atom. The molecule has 0 aliphatic carbocycles. The molecule has 0 aliphatic rings. The van der Waals surface area contributed by atoms with Crippen LogP contribution in [0.25, 0.3) is 5.69 Å². The van der Waals surface area contributed by atoms with E-state index in [1.807, 2.05) is 16.9 Å². The van der Waals surface area contributed by atoms with E-state index < -0.39 is 34.1 Å². The molecule has 1 amide bonds. The van der Waals surface area contributed by atoms with E-state index in [9.17, 15) is 18.0 Å². The fraction of sp³-hybridized carbons (Fsp3) is 0.190. The fourth-order valence-electron chi connectivity index (χ4n) is 2.65. The molecule has 0 aliphatic heterocycles. The molecule has 10 heteroatoms. The first-order chi connectivity index (χ1) is 14.9. The first kappa shape index (κ1) is 22.0.